The van der Waals surface area contributed by atoms with Gasteiger partial charge in [0, 0.05) is 31.4 Å². The molecule has 0 spiro atoms. The number of carbonyl (C=O) groups excluding carboxylic acids is 1. The van der Waals surface area contributed by atoms with E-state index in [9.17, 15) is 18.0 Å². The lowest BCUT2D eigenvalue weighted by atomic mass is 10.3. The standard InChI is InChI=1S/C11H14N2O5S2/c1-7(14)12-8-2-3-13(5-8)20(17,18)9-4-10(11(15)16)19-6-9/h4,6,8H,2-3,5H2,1H3,(H,12,14)(H,15,16). The fourth-order valence-corrected chi connectivity index (χ4v) is 4.67. The summed E-state index contributed by atoms with van der Waals surface area (Å²) in [6.07, 6.45) is 0.550. The molecule has 0 aromatic carbocycles. The van der Waals surface area contributed by atoms with E-state index in [1.807, 2.05) is 0 Å². The third-order valence-corrected chi connectivity index (χ3v) is 5.89. The van der Waals surface area contributed by atoms with E-state index in [4.69, 9.17) is 5.11 Å². The first-order valence-electron chi connectivity index (χ1n) is 5.90. The summed E-state index contributed by atoms with van der Waals surface area (Å²) in [4.78, 5) is 21.7. The first-order chi connectivity index (χ1) is 9.30. The van der Waals surface area contributed by atoms with Gasteiger partial charge in [0.25, 0.3) is 0 Å². The third-order valence-electron chi connectivity index (χ3n) is 2.98. The number of nitrogens with one attached hydrogen (secondary N) is 1. The van der Waals surface area contributed by atoms with Crippen molar-refractivity contribution in [2.24, 2.45) is 0 Å². The average molecular weight is 318 g/mol. The van der Waals surface area contributed by atoms with Crippen molar-refractivity contribution >= 4 is 33.2 Å². The molecule has 9 heteroatoms. The van der Waals surface area contributed by atoms with Gasteiger partial charge in [0.1, 0.15) is 4.88 Å². The van der Waals surface area contributed by atoms with E-state index in [0.29, 0.717) is 13.0 Å². The van der Waals surface area contributed by atoms with Gasteiger partial charge in [-0.3, -0.25) is 4.79 Å². The second kappa shape index (κ2) is 5.51. The Labute approximate surface area is 120 Å². The Morgan fingerprint density at radius 1 is 1.50 bits per heavy atom. The fraction of sp³-hybridized carbons (Fsp3) is 0.455. The molecule has 110 valence electrons. The van der Waals surface area contributed by atoms with E-state index in [1.165, 1.54) is 16.6 Å². The van der Waals surface area contributed by atoms with Gasteiger partial charge < -0.3 is 10.4 Å². The van der Waals surface area contributed by atoms with E-state index in [-0.39, 0.29) is 28.3 Å². The Hall–Kier alpha value is -1.45. The zero-order chi connectivity index (χ0) is 14.9. The molecule has 1 aromatic rings. The van der Waals surface area contributed by atoms with Gasteiger partial charge in [-0.1, -0.05) is 0 Å². The first-order valence-corrected chi connectivity index (χ1v) is 8.22. The summed E-state index contributed by atoms with van der Waals surface area (Å²) in [5.41, 5.74) is 0. The number of hydrogen-bond donors (Lipinski definition) is 2. The van der Waals surface area contributed by atoms with Crippen LogP contribution in [0.2, 0.25) is 0 Å². The molecule has 7 nitrogen and oxygen atoms in total. The van der Waals surface area contributed by atoms with E-state index in [1.54, 1.807) is 0 Å². The molecular weight excluding hydrogens is 304 g/mol. The van der Waals surface area contributed by atoms with Crippen LogP contribution in [0, 0.1) is 0 Å². The molecule has 1 aromatic heterocycles. The first kappa shape index (κ1) is 14.9. The summed E-state index contributed by atoms with van der Waals surface area (Å²) in [6.45, 7) is 1.90. The minimum atomic E-state index is -3.69. The zero-order valence-corrected chi connectivity index (χ0v) is 12.3. The highest BCUT2D eigenvalue weighted by atomic mass is 32.2. The number of carboxylic acid groups (broad SMARTS) is 1. The van der Waals surface area contributed by atoms with Gasteiger partial charge in [0.15, 0.2) is 0 Å². The molecule has 1 fully saturated rings. The van der Waals surface area contributed by atoms with Crippen LogP contribution in [0.5, 0.6) is 0 Å². The second-order valence-corrected chi connectivity index (χ2v) is 7.35. The number of aromatic carboxylic acids is 1. The van der Waals surface area contributed by atoms with Crippen molar-refractivity contribution in [1.82, 2.24) is 9.62 Å². The Morgan fingerprint density at radius 3 is 2.75 bits per heavy atom. The maximum atomic E-state index is 12.3. The van der Waals surface area contributed by atoms with Gasteiger partial charge in [-0.15, -0.1) is 11.3 Å². The van der Waals surface area contributed by atoms with Gasteiger partial charge in [-0.2, -0.15) is 4.31 Å². The highest BCUT2D eigenvalue weighted by Crippen LogP contribution is 2.25. The minimum Gasteiger partial charge on any atom is -0.477 e. The largest absolute Gasteiger partial charge is 0.477 e. The minimum absolute atomic E-state index is 0.0108. The Bertz CT molecular complexity index is 637. The van der Waals surface area contributed by atoms with Crippen LogP contribution in [-0.4, -0.2) is 48.8 Å². The van der Waals surface area contributed by atoms with Crippen LogP contribution in [0.25, 0.3) is 0 Å². The maximum absolute atomic E-state index is 12.3. The molecule has 2 rings (SSSR count). The summed E-state index contributed by atoms with van der Waals surface area (Å²) in [5.74, 6) is -1.34. The Morgan fingerprint density at radius 2 is 2.20 bits per heavy atom. The van der Waals surface area contributed by atoms with Crippen LogP contribution in [0.1, 0.15) is 23.0 Å². The predicted molar refractivity (Wildman–Crippen MR) is 72.3 cm³/mol. The number of carboxylic acids is 1. The van der Waals surface area contributed by atoms with Crippen LogP contribution in [0.4, 0.5) is 0 Å². The van der Waals surface area contributed by atoms with Crippen LogP contribution in [0.15, 0.2) is 16.3 Å². The molecule has 1 amide bonds. The Kier molecular flexibility index (Phi) is 4.11. The molecule has 2 N–H and O–H groups in total. The summed E-state index contributed by atoms with van der Waals surface area (Å²) < 4.78 is 25.9. The van der Waals surface area contributed by atoms with Gasteiger partial charge in [0.2, 0.25) is 15.9 Å². The van der Waals surface area contributed by atoms with Crippen molar-refractivity contribution in [3.8, 4) is 0 Å². The van der Waals surface area contributed by atoms with Crippen molar-refractivity contribution in [1.29, 1.82) is 0 Å². The smallest absolute Gasteiger partial charge is 0.345 e. The molecule has 0 saturated carbocycles. The summed E-state index contributed by atoms with van der Waals surface area (Å²) in [5, 5.41) is 12.8. The Balaban J connectivity index is 2.15. The van der Waals surface area contributed by atoms with Crippen molar-refractivity contribution < 1.29 is 23.1 Å². The number of thiophene rings is 1. The number of hydrogen-bond acceptors (Lipinski definition) is 5. The number of amides is 1. The van der Waals surface area contributed by atoms with E-state index in [0.717, 1.165) is 17.4 Å². The van der Waals surface area contributed by atoms with Gasteiger partial charge in [-0.05, 0) is 12.5 Å². The summed E-state index contributed by atoms with van der Waals surface area (Å²) >= 11 is 0.880. The predicted octanol–water partition coefficient (Wildman–Crippen LogP) is 0.345. The van der Waals surface area contributed by atoms with Crippen molar-refractivity contribution in [2.75, 3.05) is 13.1 Å². The topological polar surface area (TPSA) is 104 Å². The lowest BCUT2D eigenvalue weighted by Crippen LogP contribution is -2.37. The maximum Gasteiger partial charge on any atom is 0.345 e. The van der Waals surface area contributed by atoms with Crippen LogP contribution >= 0.6 is 11.3 Å². The number of nitrogens with zero attached hydrogens (tertiary/aromatic N) is 1. The molecule has 20 heavy (non-hydrogen) atoms. The molecule has 1 aliphatic rings. The molecule has 0 radical (unpaired) electrons. The molecule has 0 bridgehead atoms. The number of sulfonamides is 1. The molecule has 0 aliphatic carbocycles. The highest BCUT2D eigenvalue weighted by Gasteiger charge is 2.33. The lowest BCUT2D eigenvalue weighted by Gasteiger charge is -2.15. The van der Waals surface area contributed by atoms with Crippen LogP contribution in [-0.2, 0) is 14.8 Å². The fourth-order valence-electron chi connectivity index (χ4n) is 2.07. The normalized spacial score (nSPS) is 19.9. The summed E-state index contributed by atoms with van der Waals surface area (Å²) in [6, 6.07) is 0.966. The molecule has 2 heterocycles. The number of rotatable bonds is 4. The molecule has 1 aliphatic heterocycles. The SMILES string of the molecule is CC(=O)NC1CCN(S(=O)(=O)c2csc(C(=O)O)c2)C1. The van der Waals surface area contributed by atoms with Crippen molar-refractivity contribution in [3.05, 3.63) is 16.3 Å². The molecular formula is C11H14N2O5S2. The average Bonchev–Trinajstić information content (AvgIpc) is 2.95. The van der Waals surface area contributed by atoms with Crippen LogP contribution < -0.4 is 5.32 Å². The van der Waals surface area contributed by atoms with Crippen molar-refractivity contribution in [3.63, 3.8) is 0 Å². The van der Waals surface area contributed by atoms with Gasteiger partial charge in [0.05, 0.1) is 4.90 Å². The van der Waals surface area contributed by atoms with Crippen LogP contribution in [0.3, 0.4) is 0 Å². The molecule has 1 unspecified atom stereocenters. The second-order valence-electron chi connectivity index (χ2n) is 4.50. The van der Waals surface area contributed by atoms with Gasteiger partial charge >= 0.3 is 5.97 Å². The third kappa shape index (κ3) is 3.00. The lowest BCUT2D eigenvalue weighted by molar-refractivity contribution is -0.119. The van der Waals surface area contributed by atoms with Gasteiger partial charge in [-0.25, -0.2) is 13.2 Å². The molecule has 1 saturated heterocycles. The van der Waals surface area contributed by atoms with Crippen molar-refractivity contribution in [2.45, 2.75) is 24.3 Å². The van der Waals surface area contributed by atoms with E-state index >= 15 is 0 Å². The zero-order valence-electron chi connectivity index (χ0n) is 10.7. The van der Waals surface area contributed by atoms with E-state index in [2.05, 4.69) is 5.32 Å². The monoisotopic (exact) mass is 318 g/mol. The molecule has 1 atom stereocenters. The summed E-state index contributed by atoms with van der Waals surface area (Å²) in [7, 11) is -3.69. The highest BCUT2D eigenvalue weighted by molar-refractivity contribution is 7.89. The van der Waals surface area contributed by atoms with E-state index < -0.39 is 16.0 Å². The quantitative estimate of drug-likeness (QED) is 0.833. The number of carbonyl (C=O) groups is 2.